The Balaban J connectivity index is 1.62. The standard InChI is InChI=1S/C13H13N3O2S/c17-13-11-2-6-19-12(11)15-9-16(13)4-3-14-7-10-1-5-18-8-10/h1-2,5-6,8-9,14H,3-4,7H2. The van der Waals surface area contributed by atoms with E-state index >= 15 is 0 Å². The second-order valence-corrected chi connectivity index (χ2v) is 5.09. The molecular weight excluding hydrogens is 262 g/mol. The van der Waals surface area contributed by atoms with Crippen LogP contribution in [0.5, 0.6) is 0 Å². The van der Waals surface area contributed by atoms with E-state index in [1.54, 1.807) is 23.4 Å². The zero-order valence-electron chi connectivity index (χ0n) is 10.2. The van der Waals surface area contributed by atoms with Crippen molar-refractivity contribution in [2.24, 2.45) is 0 Å². The quantitative estimate of drug-likeness (QED) is 0.722. The highest BCUT2D eigenvalue weighted by Gasteiger charge is 2.04. The van der Waals surface area contributed by atoms with Crippen molar-refractivity contribution >= 4 is 21.6 Å². The third-order valence-electron chi connectivity index (χ3n) is 2.89. The third-order valence-corrected chi connectivity index (χ3v) is 3.71. The van der Waals surface area contributed by atoms with Gasteiger partial charge < -0.3 is 9.73 Å². The van der Waals surface area contributed by atoms with Crippen molar-refractivity contribution in [1.82, 2.24) is 14.9 Å². The third kappa shape index (κ3) is 2.59. The first-order valence-corrected chi connectivity index (χ1v) is 6.87. The smallest absolute Gasteiger partial charge is 0.262 e. The van der Waals surface area contributed by atoms with Crippen LogP contribution < -0.4 is 10.9 Å². The average molecular weight is 275 g/mol. The molecule has 0 unspecified atom stereocenters. The van der Waals surface area contributed by atoms with E-state index in [9.17, 15) is 4.79 Å². The normalized spacial score (nSPS) is 11.2. The van der Waals surface area contributed by atoms with Gasteiger partial charge in [-0.1, -0.05) is 0 Å². The van der Waals surface area contributed by atoms with Crippen molar-refractivity contribution in [3.05, 3.63) is 52.3 Å². The molecule has 5 nitrogen and oxygen atoms in total. The minimum Gasteiger partial charge on any atom is -0.472 e. The van der Waals surface area contributed by atoms with Gasteiger partial charge >= 0.3 is 0 Å². The Labute approximate surface area is 113 Å². The Kier molecular flexibility index (Phi) is 3.43. The summed E-state index contributed by atoms with van der Waals surface area (Å²) in [4.78, 5) is 17.2. The van der Waals surface area contributed by atoms with Gasteiger partial charge in [0, 0.05) is 25.2 Å². The van der Waals surface area contributed by atoms with E-state index in [4.69, 9.17) is 4.42 Å². The maximum atomic E-state index is 12.1. The van der Waals surface area contributed by atoms with Crippen LogP contribution in [0.25, 0.3) is 10.2 Å². The van der Waals surface area contributed by atoms with E-state index < -0.39 is 0 Å². The van der Waals surface area contributed by atoms with Crippen molar-refractivity contribution in [1.29, 1.82) is 0 Å². The van der Waals surface area contributed by atoms with Crippen molar-refractivity contribution < 1.29 is 4.42 Å². The van der Waals surface area contributed by atoms with E-state index in [-0.39, 0.29) is 5.56 Å². The molecule has 0 saturated heterocycles. The second-order valence-electron chi connectivity index (χ2n) is 4.19. The minimum absolute atomic E-state index is 0.0244. The molecular formula is C13H13N3O2S. The molecule has 0 aliphatic rings. The summed E-state index contributed by atoms with van der Waals surface area (Å²) < 4.78 is 6.62. The molecule has 0 fully saturated rings. The molecule has 0 amide bonds. The maximum absolute atomic E-state index is 12.1. The number of hydrogen-bond donors (Lipinski definition) is 1. The van der Waals surface area contributed by atoms with Crippen molar-refractivity contribution in [3.63, 3.8) is 0 Å². The largest absolute Gasteiger partial charge is 0.472 e. The Morgan fingerprint density at radius 1 is 1.42 bits per heavy atom. The van der Waals surface area contributed by atoms with E-state index in [1.165, 1.54) is 11.3 Å². The molecule has 0 atom stereocenters. The lowest BCUT2D eigenvalue weighted by Crippen LogP contribution is -2.26. The molecule has 0 spiro atoms. The number of rotatable bonds is 5. The predicted octanol–water partition coefficient (Wildman–Crippen LogP) is 1.84. The van der Waals surface area contributed by atoms with Gasteiger partial charge in [0.2, 0.25) is 0 Å². The summed E-state index contributed by atoms with van der Waals surface area (Å²) in [6.45, 7) is 2.05. The predicted molar refractivity (Wildman–Crippen MR) is 74.3 cm³/mol. The van der Waals surface area contributed by atoms with Crippen molar-refractivity contribution in [2.75, 3.05) is 6.54 Å². The van der Waals surface area contributed by atoms with Gasteiger partial charge in [-0.3, -0.25) is 9.36 Å². The van der Waals surface area contributed by atoms with Gasteiger partial charge in [-0.2, -0.15) is 0 Å². The highest BCUT2D eigenvalue weighted by atomic mass is 32.1. The number of aromatic nitrogens is 2. The molecule has 0 aromatic carbocycles. The highest BCUT2D eigenvalue weighted by Crippen LogP contribution is 2.12. The molecule has 3 aromatic heterocycles. The maximum Gasteiger partial charge on any atom is 0.262 e. The first-order chi connectivity index (χ1) is 9.34. The molecule has 3 heterocycles. The van der Waals surface area contributed by atoms with E-state index in [2.05, 4.69) is 10.3 Å². The molecule has 19 heavy (non-hydrogen) atoms. The van der Waals surface area contributed by atoms with Crippen LogP contribution >= 0.6 is 11.3 Å². The molecule has 0 radical (unpaired) electrons. The Morgan fingerprint density at radius 3 is 3.21 bits per heavy atom. The van der Waals surface area contributed by atoms with Crippen LogP contribution in [-0.2, 0) is 13.1 Å². The van der Waals surface area contributed by atoms with Crippen molar-refractivity contribution in [2.45, 2.75) is 13.1 Å². The second kappa shape index (κ2) is 5.38. The van der Waals surface area contributed by atoms with E-state index in [0.717, 1.165) is 16.9 Å². The summed E-state index contributed by atoms with van der Waals surface area (Å²) in [5.41, 5.74) is 1.12. The van der Waals surface area contributed by atoms with Crippen LogP contribution in [0.3, 0.4) is 0 Å². The first kappa shape index (κ1) is 12.1. The summed E-state index contributed by atoms with van der Waals surface area (Å²) in [6, 6.07) is 3.74. The summed E-state index contributed by atoms with van der Waals surface area (Å²) in [5, 5.41) is 5.85. The van der Waals surface area contributed by atoms with Crippen LogP contribution in [0.15, 0.2) is 45.6 Å². The molecule has 1 N–H and O–H groups in total. The number of furan rings is 1. The Bertz CT molecular complexity index is 715. The number of hydrogen-bond acceptors (Lipinski definition) is 5. The van der Waals surface area contributed by atoms with Gasteiger partial charge in [0.1, 0.15) is 4.83 Å². The van der Waals surface area contributed by atoms with E-state index in [1.807, 2.05) is 17.5 Å². The topological polar surface area (TPSA) is 60.1 Å². The Hall–Kier alpha value is -1.92. The molecule has 3 rings (SSSR count). The van der Waals surface area contributed by atoms with Gasteiger partial charge in [0.25, 0.3) is 5.56 Å². The lowest BCUT2D eigenvalue weighted by Gasteiger charge is -2.06. The fraction of sp³-hybridized carbons (Fsp3) is 0.231. The monoisotopic (exact) mass is 275 g/mol. The Morgan fingerprint density at radius 2 is 2.37 bits per heavy atom. The number of fused-ring (bicyclic) bond motifs is 1. The van der Waals surface area contributed by atoms with Gasteiger partial charge in [0.15, 0.2) is 0 Å². The van der Waals surface area contributed by atoms with Gasteiger partial charge in [-0.05, 0) is 17.5 Å². The van der Waals surface area contributed by atoms with Crippen LogP contribution in [0.2, 0.25) is 0 Å². The summed E-state index contributed by atoms with van der Waals surface area (Å²) in [7, 11) is 0. The number of nitrogens with zero attached hydrogens (tertiary/aromatic N) is 2. The van der Waals surface area contributed by atoms with Crippen LogP contribution in [-0.4, -0.2) is 16.1 Å². The summed E-state index contributed by atoms with van der Waals surface area (Å²) >= 11 is 1.49. The van der Waals surface area contributed by atoms with Gasteiger partial charge in [-0.25, -0.2) is 4.98 Å². The molecule has 0 bridgehead atoms. The summed E-state index contributed by atoms with van der Waals surface area (Å²) in [5.74, 6) is 0. The molecule has 0 aliphatic heterocycles. The van der Waals surface area contributed by atoms with Crippen LogP contribution in [0.1, 0.15) is 5.56 Å². The van der Waals surface area contributed by atoms with Gasteiger partial charge in [0.05, 0.1) is 24.2 Å². The summed E-state index contributed by atoms with van der Waals surface area (Å²) in [6.07, 6.45) is 4.97. The average Bonchev–Trinajstić information content (AvgIpc) is 3.08. The zero-order valence-corrected chi connectivity index (χ0v) is 11.0. The molecule has 0 saturated carbocycles. The fourth-order valence-corrected chi connectivity index (χ4v) is 2.60. The van der Waals surface area contributed by atoms with Crippen LogP contribution in [0.4, 0.5) is 0 Å². The minimum atomic E-state index is 0.0244. The lowest BCUT2D eigenvalue weighted by molar-refractivity contribution is 0.553. The van der Waals surface area contributed by atoms with E-state index in [0.29, 0.717) is 18.5 Å². The molecule has 3 aromatic rings. The molecule has 0 aliphatic carbocycles. The first-order valence-electron chi connectivity index (χ1n) is 5.99. The van der Waals surface area contributed by atoms with Crippen LogP contribution in [0, 0.1) is 0 Å². The van der Waals surface area contributed by atoms with Crippen molar-refractivity contribution in [3.8, 4) is 0 Å². The SMILES string of the molecule is O=c1c2ccsc2ncn1CCNCc1ccoc1. The van der Waals surface area contributed by atoms with Gasteiger partial charge in [-0.15, -0.1) is 11.3 Å². The molecule has 6 heteroatoms. The zero-order chi connectivity index (χ0) is 13.1. The molecule has 98 valence electrons. The number of thiophene rings is 1. The fourth-order valence-electron chi connectivity index (χ4n) is 1.88. The highest BCUT2D eigenvalue weighted by molar-refractivity contribution is 7.16. The number of nitrogens with one attached hydrogen (secondary N) is 1. The lowest BCUT2D eigenvalue weighted by atomic mass is 10.3.